The first-order valence-electron chi connectivity index (χ1n) is 15.5. The monoisotopic (exact) mass is 610 g/mol. The average molecular weight is 611 g/mol. The van der Waals surface area contributed by atoms with Gasteiger partial charge < -0.3 is 23.7 Å². The van der Waals surface area contributed by atoms with Crippen LogP contribution in [0.25, 0.3) is 11.4 Å². The summed E-state index contributed by atoms with van der Waals surface area (Å²) in [5.41, 5.74) is 10.4. The van der Waals surface area contributed by atoms with Crippen LogP contribution >= 0.6 is 0 Å². The number of aliphatic hydroxyl groups excluding tert-OH is 1. The van der Waals surface area contributed by atoms with Crippen LogP contribution in [0.2, 0.25) is 0 Å². The molecule has 2 aromatic heterocycles. The molecular weight excluding hydrogens is 576 g/mol. The number of aldehydes is 1. The SMILES string of the molecule is O=Cc1ncn2c1CCc1cc(OCc3ccccc3)ccc1-2.OCc1ncn2c1CCc1cc(OCc3ccccc3)ccc1-2. The molecule has 8 rings (SSSR count). The van der Waals surface area contributed by atoms with E-state index < -0.39 is 0 Å². The number of benzene rings is 4. The number of carbonyl (C=O) groups excluding carboxylic acids is 1. The summed E-state index contributed by atoms with van der Waals surface area (Å²) in [6.45, 7) is 1.13. The van der Waals surface area contributed by atoms with Gasteiger partial charge in [-0.15, -0.1) is 0 Å². The minimum atomic E-state index is -0.00403. The summed E-state index contributed by atoms with van der Waals surface area (Å²) in [5.74, 6) is 1.75. The van der Waals surface area contributed by atoms with Crippen molar-refractivity contribution in [2.75, 3.05) is 0 Å². The Hall–Kier alpha value is -5.47. The van der Waals surface area contributed by atoms with E-state index in [4.69, 9.17) is 9.47 Å². The molecule has 0 atom stereocenters. The first-order chi connectivity index (χ1) is 22.7. The van der Waals surface area contributed by atoms with E-state index in [0.29, 0.717) is 18.9 Å². The summed E-state index contributed by atoms with van der Waals surface area (Å²) in [5, 5.41) is 9.36. The molecule has 0 saturated heterocycles. The van der Waals surface area contributed by atoms with Crippen LogP contribution in [-0.2, 0) is 45.5 Å². The number of hydrogen-bond donors (Lipinski definition) is 1. The van der Waals surface area contributed by atoms with Gasteiger partial charge in [-0.3, -0.25) is 4.79 Å². The molecule has 8 heteroatoms. The molecule has 0 aliphatic carbocycles. The van der Waals surface area contributed by atoms with E-state index in [0.717, 1.165) is 83.1 Å². The maximum absolute atomic E-state index is 11.0. The van der Waals surface area contributed by atoms with Gasteiger partial charge in [-0.1, -0.05) is 60.7 Å². The number of imidazole rings is 2. The normalized spacial score (nSPS) is 12.5. The van der Waals surface area contributed by atoms with Crippen molar-refractivity contribution in [1.29, 1.82) is 0 Å². The zero-order valence-corrected chi connectivity index (χ0v) is 25.4. The molecule has 1 N–H and O–H groups in total. The minimum Gasteiger partial charge on any atom is -0.489 e. The number of aromatic nitrogens is 4. The van der Waals surface area contributed by atoms with Gasteiger partial charge in [-0.05, 0) is 84.3 Å². The predicted molar refractivity (Wildman–Crippen MR) is 175 cm³/mol. The molecule has 0 unspecified atom stereocenters. The van der Waals surface area contributed by atoms with Crippen LogP contribution in [0.3, 0.4) is 0 Å². The van der Waals surface area contributed by atoms with Gasteiger partial charge in [0.1, 0.15) is 36.7 Å². The first kappa shape index (κ1) is 29.3. The second-order valence-electron chi connectivity index (χ2n) is 11.4. The Morgan fingerprint density at radius 1 is 0.652 bits per heavy atom. The Kier molecular flexibility index (Phi) is 8.43. The highest BCUT2D eigenvalue weighted by Gasteiger charge is 2.21. The molecule has 2 aliphatic heterocycles. The molecule has 0 radical (unpaired) electrons. The lowest BCUT2D eigenvalue weighted by molar-refractivity contribution is 0.111. The van der Waals surface area contributed by atoms with Gasteiger partial charge in [-0.25, -0.2) is 9.97 Å². The van der Waals surface area contributed by atoms with Gasteiger partial charge in [0, 0.05) is 5.69 Å². The van der Waals surface area contributed by atoms with E-state index >= 15 is 0 Å². The van der Waals surface area contributed by atoms with Gasteiger partial charge in [0.05, 0.1) is 35.7 Å². The maximum Gasteiger partial charge on any atom is 0.170 e. The molecule has 0 fully saturated rings. The largest absolute Gasteiger partial charge is 0.489 e. The zero-order valence-electron chi connectivity index (χ0n) is 25.4. The molecule has 8 nitrogen and oxygen atoms in total. The van der Waals surface area contributed by atoms with Crippen LogP contribution < -0.4 is 9.47 Å². The van der Waals surface area contributed by atoms with Crippen molar-refractivity contribution in [2.45, 2.75) is 45.5 Å². The fourth-order valence-corrected chi connectivity index (χ4v) is 6.12. The Labute approximate surface area is 267 Å². The second kappa shape index (κ2) is 13.3. The summed E-state index contributed by atoms with van der Waals surface area (Å²) in [4.78, 5) is 19.5. The Morgan fingerprint density at radius 2 is 1.17 bits per heavy atom. The van der Waals surface area contributed by atoms with Crippen LogP contribution in [-0.4, -0.2) is 30.5 Å². The number of fused-ring (bicyclic) bond motifs is 6. The summed E-state index contributed by atoms with van der Waals surface area (Å²) < 4.78 is 15.9. The van der Waals surface area contributed by atoms with Crippen LogP contribution in [0.15, 0.2) is 110 Å². The lowest BCUT2D eigenvalue weighted by atomic mass is 10.0. The van der Waals surface area contributed by atoms with Crippen LogP contribution in [0.1, 0.15) is 49.8 Å². The molecule has 0 spiro atoms. The van der Waals surface area contributed by atoms with Crippen molar-refractivity contribution in [3.63, 3.8) is 0 Å². The lowest BCUT2D eigenvalue weighted by Crippen LogP contribution is -2.12. The average Bonchev–Trinajstić information content (AvgIpc) is 3.75. The van der Waals surface area contributed by atoms with E-state index in [1.165, 1.54) is 11.1 Å². The molecular formula is C38H34N4O4. The van der Waals surface area contributed by atoms with E-state index in [1.54, 1.807) is 12.7 Å². The van der Waals surface area contributed by atoms with Gasteiger partial charge in [0.15, 0.2) is 6.29 Å². The Morgan fingerprint density at radius 3 is 1.72 bits per heavy atom. The molecule has 0 bridgehead atoms. The third-order valence-corrected chi connectivity index (χ3v) is 8.49. The fourth-order valence-electron chi connectivity index (χ4n) is 6.12. The summed E-state index contributed by atoms with van der Waals surface area (Å²) >= 11 is 0. The lowest BCUT2D eigenvalue weighted by Gasteiger charge is -2.20. The highest BCUT2D eigenvalue weighted by atomic mass is 16.5. The van der Waals surface area contributed by atoms with Crippen molar-refractivity contribution < 1.29 is 19.4 Å². The van der Waals surface area contributed by atoms with Crippen molar-refractivity contribution >= 4 is 6.29 Å². The van der Waals surface area contributed by atoms with Gasteiger partial charge >= 0.3 is 0 Å². The summed E-state index contributed by atoms with van der Waals surface area (Å²) in [7, 11) is 0. The molecule has 2 aliphatic rings. The highest BCUT2D eigenvalue weighted by Crippen LogP contribution is 2.31. The number of aryl methyl sites for hydroxylation is 2. The summed E-state index contributed by atoms with van der Waals surface area (Å²) in [6.07, 6.45) is 7.90. The number of aliphatic hydroxyl groups is 1. The number of carbonyl (C=O) groups is 1. The number of hydrogen-bond acceptors (Lipinski definition) is 6. The topological polar surface area (TPSA) is 91.4 Å². The smallest absolute Gasteiger partial charge is 0.170 e. The Bertz CT molecular complexity index is 1960. The number of nitrogens with zero attached hydrogens (tertiary/aromatic N) is 4. The minimum absolute atomic E-state index is 0.00403. The van der Waals surface area contributed by atoms with E-state index in [2.05, 4.69) is 57.0 Å². The van der Waals surface area contributed by atoms with E-state index in [9.17, 15) is 9.90 Å². The van der Waals surface area contributed by atoms with E-state index in [1.807, 2.05) is 59.2 Å². The van der Waals surface area contributed by atoms with Crippen molar-refractivity contribution in [2.24, 2.45) is 0 Å². The quantitative estimate of drug-likeness (QED) is 0.201. The van der Waals surface area contributed by atoms with Crippen LogP contribution in [0.5, 0.6) is 11.5 Å². The fraction of sp³-hybridized carbons (Fsp3) is 0.184. The predicted octanol–water partition coefficient (Wildman–Crippen LogP) is 6.40. The molecule has 230 valence electrons. The molecule has 4 aromatic carbocycles. The maximum atomic E-state index is 11.0. The van der Waals surface area contributed by atoms with Crippen molar-refractivity contribution in [3.8, 4) is 22.9 Å². The molecule has 6 aromatic rings. The highest BCUT2D eigenvalue weighted by molar-refractivity contribution is 5.74. The van der Waals surface area contributed by atoms with Gasteiger partial charge in [0.2, 0.25) is 0 Å². The third kappa shape index (κ3) is 6.07. The molecule has 46 heavy (non-hydrogen) atoms. The van der Waals surface area contributed by atoms with Gasteiger partial charge in [0.25, 0.3) is 0 Å². The standard InChI is InChI=1S/C19H18N2O2.C19H16N2O2/c2*22-11-17-19-8-6-15-10-16(7-9-18(15)21(19)13-20-17)23-12-14-4-2-1-3-5-14/h1-5,7,9-10,13,22H,6,8,11-12H2;1-5,7,9-11,13H,6,8,12H2. The number of rotatable bonds is 8. The molecule has 0 saturated carbocycles. The zero-order chi connectivity index (χ0) is 31.3. The van der Waals surface area contributed by atoms with Crippen LogP contribution in [0.4, 0.5) is 0 Å². The summed E-state index contributed by atoms with van der Waals surface area (Å²) in [6, 6.07) is 32.6. The Balaban J connectivity index is 0.000000147. The van der Waals surface area contributed by atoms with Crippen molar-refractivity contribution in [3.05, 3.63) is 155 Å². The molecule has 0 amide bonds. The van der Waals surface area contributed by atoms with E-state index in [-0.39, 0.29) is 6.61 Å². The first-order valence-corrected chi connectivity index (χ1v) is 15.5. The second-order valence-corrected chi connectivity index (χ2v) is 11.4. The number of ether oxygens (including phenoxy) is 2. The van der Waals surface area contributed by atoms with Gasteiger partial charge in [-0.2, -0.15) is 0 Å². The van der Waals surface area contributed by atoms with Crippen molar-refractivity contribution in [1.82, 2.24) is 19.1 Å². The molecule has 4 heterocycles. The van der Waals surface area contributed by atoms with Crippen LogP contribution in [0, 0.1) is 0 Å². The third-order valence-electron chi connectivity index (χ3n) is 8.49.